The van der Waals surface area contributed by atoms with Crippen molar-refractivity contribution < 1.29 is 9.53 Å². The largest absolute Gasteiger partial charge is 0.465 e. The van der Waals surface area contributed by atoms with Gasteiger partial charge in [0.05, 0.1) is 18.2 Å². The van der Waals surface area contributed by atoms with E-state index in [-0.39, 0.29) is 11.9 Å². The number of rotatable bonds is 4. The van der Waals surface area contributed by atoms with E-state index in [1.165, 1.54) is 0 Å². The van der Waals surface area contributed by atoms with Crippen LogP contribution in [0.2, 0.25) is 0 Å². The zero-order valence-electron chi connectivity index (χ0n) is 10.1. The van der Waals surface area contributed by atoms with Crippen LogP contribution in [0, 0.1) is 6.92 Å². The second-order valence-corrected chi connectivity index (χ2v) is 3.45. The quantitative estimate of drug-likeness (QED) is 0.783. The van der Waals surface area contributed by atoms with E-state index in [0.29, 0.717) is 23.9 Å². The van der Waals surface area contributed by atoms with Crippen LogP contribution in [-0.4, -0.2) is 29.6 Å². The fraction of sp³-hybridized carbons (Fsp3) is 0.545. The first kappa shape index (κ1) is 12.4. The molecule has 5 heteroatoms. The van der Waals surface area contributed by atoms with Gasteiger partial charge in [0.2, 0.25) is 0 Å². The predicted molar refractivity (Wildman–Crippen MR) is 61.4 cm³/mol. The highest BCUT2D eigenvalue weighted by Gasteiger charge is 2.18. The lowest BCUT2D eigenvalue weighted by molar-refractivity contribution is -0.144. The molecular formula is C11H17N3O2. The van der Waals surface area contributed by atoms with E-state index in [2.05, 4.69) is 15.3 Å². The molecule has 1 atom stereocenters. The van der Waals surface area contributed by atoms with Gasteiger partial charge in [0.1, 0.15) is 11.6 Å². The molecule has 1 N–H and O–H groups in total. The highest BCUT2D eigenvalue weighted by molar-refractivity contribution is 5.77. The molecule has 1 unspecified atom stereocenters. The molecule has 1 aromatic heterocycles. The second-order valence-electron chi connectivity index (χ2n) is 3.45. The van der Waals surface area contributed by atoms with Gasteiger partial charge in [0, 0.05) is 13.1 Å². The fourth-order valence-corrected chi connectivity index (χ4v) is 1.33. The van der Waals surface area contributed by atoms with Gasteiger partial charge in [-0.15, -0.1) is 0 Å². The number of aromatic nitrogens is 2. The van der Waals surface area contributed by atoms with Crippen LogP contribution in [0.3, 0.4) is 0 Å². The molecule has 0 fully saturated rings. The molecule has 0 radical (unpaired) electrons. The Balaban J connectivity index is 2.94. The number of nitrogens with zero attached hydrogens (tertiary/aromatic N) is 2. The molecule has 16 heavy (non-hydrogen) atoms. The minimum atomic E-state index is -0.367. The van der Waals surface area contributed by atoms with Gasteiger partial charge in [-0.2, -0.15) is 0 Å². The number of carbonyl (C=O) groups excluding carboxylic acids is 1. The van der Waals surface area contributed by atoms with E-state index >= 15 is 0 Å². The van der Waals surface area contributed by atoms with Crippen molar-refractivity contribution in [2.45, 2.75) is 26.7 Å². The van der Waals surface area contributed by atoms with Crippen LogP contribution in [0.4, 0.5) is 5.82 Å². The van der Waals surface area contributed by atoms with E-state index in [1.807, 2.05) is 0 Å². The van der Waals surface area contributed by atoms with Gasteiger partial charge in [-0.1, -0.05) is 0 Å². The van der Waals surface area contributed by atoms with Crippen molar-refractivity contribution in [3.63, 3.8) is 0 Å². The monoisotopic (exact) mass is 223 g/mol. The number of hydrogen-bond donors (Lipinski definition) is 1. The van der Waals surface area contributed by atoms with E-state index in [0.717, 1.165) is 0 Å². The summed E-state index contributed by atoms with van der Waals surface area (Å²) in [5, 5.41) is 2.93. The van der Waals surface area contributed by atoms with Crippen LogP contribution >= 0.6 is 0 Å². The number of esters is 1. The molecule has 0 amide bonds. The van der Waals surface area contributed by atoms with Gasteiger partial charge in [-0.3, -0.25) is 4.79 Å². The first-order valence-corrected chi connectivity index (χ1v) is 5.28. The molecule has 88 valence electrons. The lowest BCUT2D eigenvalue weighted by atomic mass is 10.1. The molecule has 0 aliphatic heterocycles. The molecule has 0 saturated carbocycles. The van der Waals surface area contributed by atoms with Gasteiger partial charge in [0.15, 0.2) is 0 Å². The fourth-order valence-electron chi connectivity index (χ4n) is 1.33. The van der Waals surface area contributed by atoms with Gasteiger partial charge >= 0.3 is 5.97 Å². The summed E-state index contributed by atoms with van der Waals surface area (Å²) in [6.07, 6.45) is 0. The Morgan fingerprint density at radius 3 is 2.81 bits per heavy atom. The molecule has 0 aliphatic carbocycles. The third-order valence-electron chi connectivity index (χ3n) is 2.20. The lowest BCUT2D eigenvalue weighted by Gasteiger charge is -2.11. The summed E-state index contributed by atoms with van der Waals surface area (Å²) in [6.45, 7) is 5.74. The lowest BCUT2D eigenvalue weighted by Crippen LogP contribution is -2.15. The summed E-state index contributed by atoms with van der Waals surface area (Å²) in [7, 11) is 1.78. The maximum absolute atomic E-state index is 11.6. The predicted octanol–water partition coefficient (Wildman–Crippen LogP) is 1.49. The Kier molecular flexibility index (Phi) is 4.22. The topological polar surface area (TPSA) is 64.1 Å². The van der Waals surface area contributed by atoms with Crippen LogP contribution in [0.1, 0.15) is 31.3 Å². The summed E-state index contributed by atoms with van der Waals surface area (Å²) in [5.41, 5.74) is 0.676. The summed E-state index contributed by atoms with van der Waals surface area (Å²) in [6, 6.07) is 1.76. The second kappa shape index (κ2) is 5.44. The van der Waals surface area contributed by atoms with E-state index in [9.17, 15) is 4.79 Å². The summed E-state index contributed by atoms with van der Waals surface area (Å²) in [5.74, 6) is 0.716. The van der Waals surface area contributed by atoms with Gasteiger partial charge < -0.3 is 10.1 Å². The molecule has 0 aliphatic rings. The number of hydrogen-bond acceptors (Lipinski definition) is 5. The molecule has 0 bridgehead atoms. The summed E-state index contributed by atoms with van der Waals surface area (Å²) in [4.78, 5) is 20.0. The number of anilines is 1. The molecule has 0 spiro atoms. The average Bonchev–Trinajstić information content (AvgIpc) is 2.27. The Morgan fingerprint density at radius 2 is 2.25 bits per heavy atom. The number of nitrogens with one attached hydrogen (secondary N) is 1. The standard InChI is InChI=1S/C11H17N3O2/c1-5-16-11(15)7(2)9-6-10(12-4)14-8(3)13-9/h6-7H,5H2,1-4H3,(H,12,13,14). The van der Waals surface area contributed by atoms with Crippen LogP contribution in [0.15, 0.2) is 6.07 Å². The van der Waals surface area contributed by atoms with Crippen LogP contribution < -0.4 is 5.32 Å². The average molecular weight is 223 g/mol. The van der Waals surface area contributed by atoms with Crippen molar-refractivity contribution in [3.05, 3.63) is 17.6 Å². The maximum atomic E-state index is 11.6. The Bertz CT molecular complexity index is 379. The molecule has 0 saturated heterocycles. The highest BCUT2D eigenvalue weighted by atomic mass is 16.5. The maximum Gasteiger partial charge on any atom is 0.314 e. The normalized spacial score (nSPS) is 12.0. The summed E-state index contributed by atoms with van der Waals surface area (Å²) >= 11 is 0. The third-order valence-corrected chi connectivity index (χ3v) is 2.20. The number of carbonyl (C=O) groups is 1. The van der Waals surface area contributed by atoms with Crippen molar-refractivity contribution in [2.75, 3.05) is 19.0 Å². The van der Waals surface area contributed by atoms with Gasteiger partial charge in [-0.05, 0) is 20.8 Å². The molecule has 1 rings (SSSR count). The van der Waals surface area contributed by atoms with E-state index in [4.69, 9.17) is 4.74 Å². The third kappa shape index (κ3) is 2.92. The summed E-state index contributed by atoms with van der Waals surface area (Å²) < 4.78 is 4.95. The van der Waals surface area contributed by atoms with Crippen LogP contribution in [0.5, 0.6) is 0 Å². The van der Waals surface area contributed by atoms with Crippen molar-refractivity contribution in [1.82, 2.24) is 9.97 Å². The minimum absolute atomic E-state index is 0.261. The van der Waals surface area contributed by atoms with Crippen molar-refractivity contribution in [1.29, 1.82) is 0 Å². The van der Waals surface area contributed by atoms with Gasteiger partial charge in [0.25, 0.3) is 0 Å². The molecule has 1 aromatic rings. The molecule has 5 nitrogen and oxygen atoms in total. The Hall–Kier alpha value is -1.65. The first-order valence-electron chi connectivity index (χ1n) is 5.28. The van der Waals surface area contributed by atoms with Crippen molar-refractivity contribution >= 4 is 11.8 Å². The van der Waals surface area contributed by atoms with E-state index in [1.54, 1.807) is 33.9 Å². The Labute approximate surface area is 95.3 Å². The minimum Gasteiger partial charge on any atom is -0.465 e. The van der Waals surface area contributed by atoms with Crippen LogP contribution in [0.25, 0.3) is 0 Å². The zero-order chi connectivity index (χ0) is 12.1. The molecular weight excluding hydrogens is 206 g/mol. The highest BCUT2D eigenvalue weighted by Crippen LogP contribution is 2.17. The van der Waals surface area contributed by atoms with Crippen LogP contribution in [-0.2, 0) is 9.53 Å². The van der Waals surface area contributed by atoms with Gasteiger partial charge in [-0.25, -0.2) is 9.97 Å². The molecule has 1 heterocycles. The van der Waals surface area contributed by atoms with Crippen molar-refractivity contribution in [3.8, 4) is 0 Å². The zero-order valence-corrected chi connectivity index (χ0v) is 10.1. The smallest absolute Gasteiger partial charge is 0.314 e. The number of ether oxygens (including phenoxy) is 1. The SMILES string of the molecule is CCOC(=O)C(C)c1cc(NC)nc(C)n1. The Morgan fingerprint density at radius 1 is 1.56 bits per heavy atom. The van der Waals surface area contributed by atoms with Crippen molar-refractivity contribution in [2.24, 2.45) is 0 Å². The molecule has 0 aromatic carbocycles. The first-order chi connectivity index (χ1) is 7.58. The number of aryl methyl sites for hydroxylation is 1. The van der Waals surface area contributed by atoms with E-state index < -0.39 is 0 Å².